The summed E-state index contributed by atoms with van der Waals surface area (Å²) in [5, 5.41) is 5.20. The lowest BCUT2D eigenvalue weighted by Gasteiger charge is -2.21. The van der Waals surface area contributed by atoms with Crippen molar-refractivity contribution in [3.05, 3.63) is 42.5 Å². The zero-order chi connectivity index (χ0) is 17.6. The number of methoxy groups -OCH3 is 1. The van der Waals surface area contributed by atoms with Gasteiger partial charge in [-0.15, -0.1) is 0 Å². The Balaban J connectivity index is 1.82. The quantitative estimate of drug-likeness (QED) is 0.686. The first kappa shape index (κ1) is 16.2. The molecule has 1 aliphatic heterocycles. The number of rotatable bonds is 3. The normalized spacial score (nSPS) is 19.5. The number of hydrogen-bond acceptors (Lipinski definition) is 5. The number of para-hydroxylation sites is 2. The fraction of sp³-hybridized carbons (Fsp3) is 0.316. The Kier molecular flexibility index (Phi) is 3.82. The third-order valence-corrected chi connectivity index (χ3v) is 4.86. The lowest BCUT2D eigenvalue weighted by atomic mass is 9.78. The Morgan fingerprint density at radius 1 is 1.12 bits per heavy atom. The summed E-state index contributed by atoms with van der Waals surface area (Å²) in [5.74, 6) is 0.756. The molecule has 0 N–H and O–H groups in total. The molecule has 1 atom stereocenters. The fourth-order valence-electron chi connectivity index (χ4n) is 3.09. The Morgan fingerprint density at radius 2 is 1.92 bits per heavy atom. The van der Waals surface area contributed by atoms with Crippen LogP contribution in [0.5, 0.6) is 5.75 Å². The summed E-state index contributed by atoms with van der Waals surface area (Å²) in [7, 11) is 1.18. The van der Waals surface area contributed by atoms with E-state index in [1.807, 2.05) is 63.2 Å². The minimum Gasteiger partial charge on any atom is -0.496 e. The van der Waals surface area contributed by atoms with E-state index in [1.54, 1.807) is 7.11 Å². The molecule has 0 aliphatic carbocycles. The third kappa shape index (κ3) is 2.62. The number of fused-ring (bicyclic) bond motifs is 1. The Morgan fingerprint density at radius 3 is 2.64 bits per heavy atom. The monoisotopic (exact) mass is 337 g/mol. The Hall–Kier alpha value is -2.31. The molecule has 25 heavy (non-hydrogen) atoms. The SMILES string of the molecule is COc1ccccc1-c1noc2c(B3OC(C)C(C)(C)O3)cccc12. The number of nitrogens with zero attached hydrogens (tertiary/aromatic N) is 1. The minimum absolute atomic E-state index is 0.00985. The molecule has 0 bridgehead atoms. The summed E-state index contributed by atoms with van der Waals surface area (Å²) >= 11 is 0. The highest BCUT2D eigenvalue weighted by Gasteiger charge is 2.45. The van der Waals surface area contributed by atoms with Crippen LogP contribution >= 0.6 is 0 Å². The fourth-order valence-corrected chi connectivity index (χ4v) is 3.09. The highest BCUT2D eigenvalue weighted by atomic mass is 16.7. The van der Waals surface area contributed by atoms with E-state index in [2.05, 4.69) is 5.16 Å². The maximum atomic E-state index is 6.08. The number of benzene rings is 2. The van der Waals surface area contributed by atoms with Crippen molar-refractivity contribution in [2.45, 2.75) is 32.5 Å². The molecular weight excluding hydrogens is 317 g/mol. The van der Waals surface area contributed by atoms with Crippen LogP contribution in [-0.2, 0) is 9.31 Å². The van der Waals surface area contributed by atoms with Crippen molar-refractivity contribution < 1.29 is 18.6 Å². The van der Waals surface area contributed by atoms with Crippen LogP contribution in [-0.4, -0.2) is 31.1 Å². The maximum Gasteiger partial charge on any atom is 0.498 e. The molecule has 4 rings (SSSR count). The van der Waals surface area contributed by atoms with Crippen LogP contribution in [0.3, 0.4) is 0 Å². The molecule has 3 aromatic rings. The average molecular weight is 337 g/mol. The van der Waals surface area contributed by atoms with Crippen molar-refractivity contribution in [3.63, 3.8) is 0 Å². The van der Waals surface area contributed by atoms with Crippen LogP contribution in [0.2, 0.25) is 0 Å². The van der Waals surface area contributed by atoms with Gasteiger partial charge in [-0.3, -0.25) is 0 Å². The molecule has 6 heteroatoms. The van der Waals surface area contributed by atoms with Crippen molar-refractivity contribution in [2.24, 2.45) is 0 Å². The molecule has 0 radical (unpaired) electrons. The summed E-state index contributed by atoms with van der Waals surface area (Å²) < 4.78 is 23.2. The van der Waals surface area contributed by atoms with Gasteiger partial charge in [0.2, 0.25) is 0 Å². The van der Waals surface area contributed by atoms with Gasteiger partial charge in [0, 0.05) is 16.4 Å². The molecule has 2 aromatic carbocycles. The third-order valence-electron chi connectivity index (χ3n) is 4.86. The highest BCUT2D eigenvalue weighted by Crippen LogP contribution is 2.34. The van der Waals surface area contributed by atoms with E-state index in [0.29, 0.717) is 5.58 Å². The van der Waals surface area contributed by atoms with E-state index >= 15 is 0 Å². The maximum absolute atomic E-state index is 6.08. The van der Waals surface area contributed by atoms with Crippen LogP contribution in [0.1, 0.15) is 20.8 Å². The predicted octanol–water partition coefficient (Wildman–Crippen LogP) is 3.41. The van der Waals surface area contributed by atoms with Crippen molar-refractivity contribution in [1.82, 2.24) is 5.16 Å². The second kappa shape index (κ2) is 5.90. The van der Waals surface area contributed by atoms with Crippen molar-refractivity contribution >= 4 is 23.6 Å². The Labute approximate surface area is 147 Å². The van der Waals surface area contributed by atoms with E-state index in [9.17, 15) is 0 Å². The lowest BCUT2D eigenvalue weighted by Crippen LogP contribution is -2.35. The van der Waals surface area contributed by atoms with Crippen LogP contribution in [0.4, 0.5) is 0 Å². The molecule has 5 nitrogen and oxygen atoms in total. The van der Waals surface area contributed by atoms with Gasteiger partial charge in [0.05, 0.1) is 18.8 Å². The Bertz CT molecular complexity index is 921. The summed E-state index contributed by atoms with van der Waals surface area (Å²) in [6, 6.07) is 13.7. The summed E-state index contributed by atoms with van der Waals surface area (Å²) in [5.41, 5.74) is 2.82. The van der Waals surface area contributed by atoms with Crippen LogP contribution in [0.25, 0.3) is 22.2 Å². The molecule has 0 saturated carbocycles. The second-order valence-electron chi connectivity index (χ2n) is 6.79. The van der Waals surface area contributed by atoms with Crippen LogP contribution < -0.4 is 10.2 Å². The van der Waals surface area contributed by atoms with Gasteiger partial charge in [-0.05, 0) is 39.0 Å². The number of hydrogen-bond donors (Lipinski definition) is 0. The first-order chi connectivity index (χ1) is 12.0. The van der Waals surface area contributed by atoms with E-state index in [0.717, 1.165) is 27.9 Å². The van der Waals surface area contributed by atoms with Gasteiger partial charge < -0.3 is 18.6 Å². The van der Waals surface area contributed by atoms with Gasteiger partial charge in [-0.25, -0.2) is 0 Å². The van der Waals surface area contributed by atoms with E-state index in [-0.39, 0.29) is 11.7 Å². The van der Waals surface area contributed by atoms with E-state index in [4.69, 9.17) is 18.6 Å². The van der Waals surface area contributed by atoms with Crippen molar-refractivity contribution in [3.8, 4) is 17.0 Å². The molecule has 0 spiro atoms. The van der Waals surface area contributed by atoms with Crippen LogP contribution in [0.15, 0.2) is 47.0 Å². The number of aromatic nitrogens is 1. The lowest BCUT2D eigenvalue weighted by molar-refractivity contribution is 0.0842. The zero-order valence-corrected chi connectivity index (χ0v) is 14.8. The minimum atomic E-state index is -0.466. The van der Waals surface area contributed by atoms with Gasteiger partial charge >= 0.3 is 7.12 Å². The molecule has 1 fully saturated rings. The average Bonchev–Trinajstić information content (AvgIpc) is 3.15. The molecular formula is C19H20BNO4. The smallest absolute Gasteiger partial charge is 0.496 e. The molecule has 1 unspecified atom stereocenters. The zero-order valence-electron chi connectivity index (χ0n) is 14.8. The molecule has 128 valence electrons. The standard InChI is InChI=1S/C19H20BNO4/c1-12-19(2,3)25-20(23-12)15-10-7-9-14-17(21-24-18(14)15)13-8-5-6-11-16(13)22-4/h5-12H,1-4H3. The molecule has 1 saturated heterocycles. The van der Waals surface area contributed by atoms with Gasteiger partial charge in [0.25, 0.3) is 0 Å². The number of ether oxygens (including phenoxy) is 1. The first-order valence-corrected chi connectivity index (χ1v) is 8.36. The van der Waals surface area contributed by atoms with E-state index in [1.165, 1.54) is 0 Å². The summed E-state index contributed by atoms with van der Waals surface area (Å²) in [4.78, 5) is 0. The molecule has 0 amide bonds. The van der Waals surface area contributed by atoms with Crippen LogP contribution in [0, 0.1) is 0 Å². The van der Waals surface area contributed by atoms with E-state index < -0.39 is 7.12 Å². The molecule has 2 heterocycles. The molecule has 1 aliphatic rings. The van der Waals surface area contributed by atoms with Gasteiger partial charge in [-0.2, -0.15) is 0 Å². The van der Waals surface area contributed by atoms with Gasteiger partial charge in [-0.1, -0.05) is 29.4 Å². The largest absolute Gasteiger partial charge is 0.498 e. The first-order valence-electron chi connectivity index (χ1n) is 8.36. The van der Waals surface area contributed by atoms with Crippen molar-refractivity contribution in [1.29, 1.82) is 0 Å². The van der Waals surface area contributed by atoms with Gasteiger partial charge in [0.1, 0.15) is 11.4 Å². The van der Waals surface area contributed by atoms with Crippen molar-refractivity contribution in [2.75, 3.05) is 7.11 Å². The molecule has 1 aromatic heterocycles. The topological polar surface area (TPSA) is 53.7 Å². The van der Waals surface area contributed by atoms with Gasteiger partial charge in [0.15, 0.2) is 5.58 Å². The summed E-state index contributed by atoms with van der Waals surface area (Å²) in [6.07, 6.45) is -0.00985. The predicted molar refractivity (Wildman–Crippen MR) is 97.1 cm³/mol. The summed E-state index contributed by atoms with van der Waals surface area (Å²) in [6.45, 7) is 6.07. The highest BCUT2D eigenvalue weighted by molar-refractivity contribution is 6.64. The second-order valence-corrected chi connectivity index (χ2v) is 6.79.